The van der Waals surface area contributed by atoms with Gasteiger partial charge in [-0.15, -0.1) is 0 Å². The van der Waals surface area contributed by atoms with Crippen LogP contribution in [0.1, 0.15) is 25.0 Å². The predicted octanol–water partition coefficient (Wildman–Crippen LogP) is 4.04. The largest absolute Gasteiger partial charge is 0.486 e. The quantitative estimate of drug-likeness (QED) is 0.357. The molecule has 9 nitrogen and oxygen atoms in total. The summed E-state index contributed by atoms with van der Waals surface area (Å²) in [4.78, 5) is 29.1. The van der Waals surface area contributed by atoms with Gasteiger partial charge in [-0.3, -0.25) is 13.9 Å². The number of amides is 2. The molecule has 1 heterocycles. The van der Waals surface area contributed by atoms with Gasteiger partial charge in [0.2, 0.25) is 21.8 Å². The van der Waals surface area contributed by atoms with Crippen LogP contribution in [0.15, 0.2) is 72.8 Å². The van der Waals surface area contributed by atoms with E-state index in [4.69, 9.17) is 21.1 Å². The SMILES string of the molecule is CC(C)NC(=O)C(Cc1ccccc1)N(Cc1ccc(Cl)cc1)C(=O)CN(c1ccc2c(c1)OCCO2)S(C)(=O)=O. The van der Waals surface area contributed by atoms with E-state index in [1.54, 1.807) is 42.5 Å². The molecule has 3 aromatic carbocycles. The Kier molecular flexibility index (Phi) is 9.77. The van der Waals surface area contributed by atoms with Crippen LogP contribution in [0, 0.1) is 0 Å². The maximum absolute atomic E-state index is 14.1. The van der Waals surface area contributed by atoms with E-state index < -0.39 is 28.5 Å². The molecule has 0 saturated carbocycles. The van der Waals surface area contributed by atoms with Gasteiger partial charge in [-0.05, 0) is 49.2 Å². The maximum Gasteiger partial charge on any atom is 0.244 e. The minimum atomic E-state index is -3.90. The number of rotatable bonds is 11. The van der Waals surface area contributed by atoms with E-state index in [1.807, 2.05) is 44.2 Å². The van der Waals surface area contributed by atoms with Crippen molar-refractivity contribution in [3.63, 3.8) is 0 Å². The van der Waals surface area contributed by atoms with Crippen molar-refractivity contribution < 1.29 is 27.5 Å². The lowest BCUT2D eigenvalue weighted by atomic mass is 10.0. The fourth-order valence-electron chi connectivity index (χ4n) is 4.52. The first-order valence-electron chi connectivity index (χ1n) is 13.3. The van der Waals surface area contributed by atoms with Crippen LogP contribution >= 0.6 is 11.6 Å². The number of benzene rings is 3. The minimum Gasteiger partial charge on any atom is -0.486 e. The lowest BCUT2D eigenvalue weighted by Crippen LogP contribution is -2.54. The molecule has 11 heteroatoms. The first kappa shape index (κ1) is 30.2. The predicted molar refractivity (Wildman–Crippen MR) is 159 cm³/mol. The third kappa shape index (κ3) is 8.14. The highest BCUT2D eigenvalue weighted by Crippen LogP contribution is 2.34. The zero-order chi connectivity index (χ0) is 29.6. The van der Waals surface area contributed by atoms with E-state index in [2.05, 4.69) is 5.32 Å². The second-order valence-electron chi connectivity index (χ2n) is 10.1. The van der Waals surface area contributed by atoms with Gasteiger partial charge >= 0.3 is 0 Å². The van der Waals surface area contributed by atoms with Crippen molar-refractivity contribution in [2.45, 2.75) is 38.9 Å². The molecule has 0 radical (unpaired) electrons. The first-order valence-corrected chi connectivity index (χ1v) is 15.5. The van der Waals surface area contributed by atoms with Gasteiger partial charge in [0, 0.05) is 30.1 Å². The van der Waals surface area contributed by atoms with Crippen LogP contribution in [0.25, 0.3) is 0 Å². The number of carbonyl (C=O) groups is 2. The lowest BCUT2D eigenvalue weighted by molar-refractivity contribution is -0.140. The van der Waals surface area contributed by atoms with Gasteiger partial charge in [0.1, 0.15) is 25.8 Å². The summed E-state index contributed by atoms with van der Waals surface area (Å²) < 4.78 is 38.2. The molecule has 0 aliphatic carbocycles. The summed E-state index contributed by atoms with van der Waals surface area (Å²) in [6.45, 7) is 3.95. The minimum absolute atomic E-state index is 0.0672. The third-order valence-corrected chi connectivity index (χ3v) is 7.85. The maximum atomic E-state index is 14.1. The number of sulfonamides is 1. The summed E-state index contributed by atoms with van der Waals surface area (Å²) in [5.74, 6) is 0.0139. The highest BCUT2D eigenvalue weighted by atomic mass is 35.5. The van der Waals surface area contributed by atoms with Crippen molar-refractivity contribution in [1.82, 2.24) is 10.2 Å². The Morgan fingerprint density at radius 2 is 1.59 bits per heavy atom. The Balaban J connectivity index is 1.72. The van der Waals surface area contributed by atoms with Crippen molar-refractivity contribution >= 4 is 39.1 Å². The molecule has 1 unspecified atom stereocenters. The molecule has 0 bridgehead atoms. The van der Waals surface area contributed by atoms with Gasteiger partial charge in [0.05, 0.1) is 11.9 Å². The molecule has 1 atom stereocenters. The van der Waals surface area contributed by atoms with Gasteiger partial charge in [0.15, 0.2) is 11.5 Å². The Bertz CT molecular complexity index is 1470. The standard InChI is InChI=1S/C30H34ClN3O6S/c1-21(2)32-30(36)26(17-22-7-5-4-6-8-22)33(19-23-9-11-24(31)12-10-23)29(35)20-34(41(3,37)38)25-13-14-27-28(18-25)40-16-15-39-27/h4-14,18,21,26H,15-17,19-20H2,1-3H3,(H,32,36). The van der Waals surface area contributed by atoms with Crippen LogP contribution in [0.2, 0.25) is 5.02 Å². The summed E-state index contributed by atoms with van der Waals surface area (Å²) in [6, 6.07) is 20.0. The molecule has 1 aliphatic heterocycles. The average molecular weight is 600 g/mol. The highest BCUT2D eigenvalue weighted by molar-refractivity contribution is 7.92. The summed E-state index contributed by atoms with van der Waals surface area (Å²) in [5, 5.41) is 3.46. The van der Waals surface area contributed by atoms with E-state index in [-0.39, 0.29) is 30.6 Å². The fraction of sp³-hybridized carbons (Fsp3) is 0.333. The van der Waals surface area contributed by atoms with E-state index in [1.165, 1.54) is 4.90 Å². The molecule has 1 N–H and O–H groups in total. The Morgan fingerprint density at radius 1 is 0.927 bits per heavy atom. The number of carbonyl (C=O) groups excluding carboxylic acids is 2. The van der Waals surface area contributed by atoms with E-state index in [9.17, 15) is 18.0 Å². The lowest BCUT2D eigenvalue weighted by Gasteiger charge is -2.34. The van der Waals surface area contributed by atoms with Crippen molar-refractivity contribution in [2.24, 2.45) is 0 Å². The van der Waals surface area contributed by atoms with Gasteiger partial charge in [-0.25, -0.2) is 8.42 Å². The van der Waals surface area contributed by atoms with Crippen molar-refractivity contribution in [1.29, 1.82) is 0 Å². The zero-order valence-electron chi connectivity index (χ0n) is 23.2. The smallest absolute Gasteiger partial charge is 0.244 e. The number of halogens is 1. The normalized spacial score (nSPS) is 13.4. The monoisotopic (exact) mass is 599 g/mol. The van der Waals surface area contributed by atoms with E-state index in [0.29, 0.717) is 29.7 Å². The van der Waals surface area contributed by atoms with Crippen LogP contribution in [-0.4, -0.2) is 63.2 Å². The van der Waals surface area contributed by atoms with Gasteiger partial charge in [-0.2, -0.15) is 0 Å². The topological polar surface area (TPSA) is 105 Å². The first-order chi connectivity index (χ1) is 19.5. The average Bonchev–Trinajstić information content (AvgIpc) is 2.93. The van der Waals surface area contributed by atoms with Crippen LogP contribution in [-0.2, 0) is 32.6 Å². The van der Waals surface area contributed by atoms with Crippen molar-refractivity contribution in [2.75, 3.05) is 30.3 Å². The molecule has 0 saturated heterocycles. The van der Waals surface area contributed by atoms with Crippen molar-refractivity contribution in [3.05, 3.63) is 88.9 Å². The fourth-order valence-corrected chi connectivity index (χ4v) is 5.49. The number of anilines is 1. The molecule has 0 fully saturated rings. The van der Waals surface area contributed by atoms with Crippen LogP contribution in [0.3, 0.4) is 0 Å². The second kappa shape index (κ2) is 13.3. The van der Waals surface area contributed by atoms with Crippen LogP contribution < -0.4 is 19.1 Å². The number of nitrogens with one attached hydrogen (secondary N) is 1. The second-order valence-corrected chi connectivity index (χ2v) is 12.5. The molecule has 2 amide bonds. The Hall–Kier alpha value is -3.76. The van der Waals surface area contributed by atoms with Crippen molar-refractivity contribution in [3.8, 4) is 11.5 Å². The molecular formula is C30H34ClN3O6S. The van der Waals surface area contributed by atoms with Gasteiger partial charge < -0.3 is 19.7 Å². The number of hydrogen-bond acceptors (Lipinski definition) is 6. The van der Waals surface area contributed by atoms with Gasteiger partial charge in [-0.1, -0.05) is 54.1 Å². The molecule has 1 aliphatic rings. The molecule has 4 rings (SSSR count). The molecule has 3 aromatic rings. The molecular weight excluding hydrogens is 566 g/mol. The summed E-state index contributed by atoms with van der Waals surface area (Å²) in [7, 11) is -3.90. The molecule has 41 heavy (non-hydrogen) atoms. The van der Waals surface area contributed by atoms with Crippen LogP contribution in [0.4, 0.5) is 5.69 Å². The number of ether oxygens (including phenoxy) is 2. The molecule has 218 valence electrons. The zero-order valence-corrected chi connectivity index (χ0v) is 24.8. The third-order valence-electron chi connectivity index (χ3n) is 6.46. The molecule has 0 spiro atoms. The van der Waals surface area contributed by atoms with E-state index in [0.717, 1.165) is 21.7 Å². The number of fused-ring (bicyclic) bond motifs is 1. The number of hydrogen-bond donors (Lipinski definition) is 1. The van der Waals surface area contributed by atoms with Crippen LogP contribution in [0.5, 0.6) is 11.5 Å². The van der Waals surface area contributed by atoms with Gasteiger partial charge in [0.25, 0.3) is 0 Å². The summed E-state index contributed by atoms with van der Waals surface area (Å²) in [6.07, 6.45) is 1.27. The highest BCUT2D eigenvalue weighted by Gasteiger charge is 2.33. The summed E-state index contributed by atoms with van der Waals surface area (Å²) in [5.41, 5.74) is 1.85. The summed E-state index contributed by atoms with van der Waals surface area (Å²) >= 11 is 6.09. The Labute approximate surface area is 246 Å². The van der Waals surface area contributed by atoms with E-state index >= 15 is 0 Å². The Morgan fingerprint density at radius 3 is 2.22 bits per heavy atom. The molecule has 0 aromatic heterocycles. The number of nitrogens with zero attached hydrogens (tertiary/aromatic N) is 2.